The molecule has 0 atom stereocenters. The van der Waals surface area contributed by atoms with Crippen LogP contribution in [0.5, 0.6) is 0 Å². The lowest BCUT2D eigenvalue weighted by Gasteiger charge is -2.28. The van der Waals surface area contributed by atoms with Crippen LogP contribution in [0.4, 0.5) is 17.1 Å². The van der Waals surface area contributed by atoms with Gasteiger partial charge >= 0.3 is 0 Å². The highest BCUT2D eigenvalue weighted by Crippen LogP contribution is 2.35. The van der Waals surface area contributed by atoms with Crippen molar-refractivity contribution in [1.82, 2.24) is 15.0 Å². The number of fused-ring (bicyclic) bond motifs is 1. The van der Waals surface area contributed by atoms with Crippen molar-refractivity contribution < 1.29 is 0 Å². The summed E-state index contributed by atoms with van der Waals surface area (Å²) >= 11 is 0. The Morgan fingerprint density at radius 2 is 1.12 bits per heavy atom. The van der Waals surface area contributed by atoms with Crippen LogP contribution in [-0.2, 0) is 6.54 Å². The number of allylic oxidation sites excluding steroid dienone is 1. The van der Waals surface area contributed by atoms with E-state index < -0.39 is 0 Å². The average molecular weight is 622 g/mol. The molecule has 0 saturated heterocycles. The fourth-order valence-corrected chi connectivity index (χ4v) is 6.32. The molecule has 48 heavy (non-hydrogen) atoms. The molecule has 5 heteroatoms. The number of nitrogen functional groups attached to an aromatic ring is 1. The van der Waals surface area contributed by atoms with Gasteiger partial charge < -0.3 is 10.6 Å². The third kappa shape index (κ3) is 5.85. The van der Waals surface area contributed by atoms with Gasteiger partial charge in [-0.05, 0) is 58.0 Å². The second kappa shape index (κ2) is 13.6. The molecule has 5 nitrogen and oxygen atoms in total. The van der Waals surface area contributed by atoms with E-state index in [2.05, 4.69) is 85.2 Å². The third-order valence-electron chi connectivity index (χ3n) is 8.51. The van der Waals surface area contributed by atoms with Crippen LogP contribution in [0, 0.1) is 0 Å². The molecule has 0 fully saturated rings. The van der Waals surface area contributed by atoms with Crippen molar-refractivity contribution in [3.05, 3.63) is 168 Å². The van der Waals surface area contributed by atoms with Crippen LogP contribution in [0.3, 0.4) is 0 Å². The van der Waals surface area contributed by atoms with Gasteiger partial charge in [0.15, 0.2) is 17.5 Å². The van der Waals surface area contributed by atoms with Crippen LogP contribution in [0.2, 0.25) is 0 Å². The molecule has 0 amide bonds. The Kier molecular flexibility index (Phi) is 8.58. The number of rotatable bonds is 8. The van der Waals surface area contributed by atoms with Gasteiger partial charge in [-0.15, -0.1) is 0 Å². The fourth-order valence-electron chi connectivity index (χ4n) is 6.32. The second-order valence-electron chi connectivity index (χ2n) is 11.4. The molecule has 6 aromatic carbocycles. The Morgan fingerprint density at radius 3 is 1.71 bits per heavy atom. The normalized spacial score (nSPS) is 11.9. The van der Waals surface area contributed by atoms with E-state index in [1.807, 2.05) is 91.0 Å². The van der Waals surface area contributed by atoms with Crippen LogP contribution in [0.1, 0.15) is 12.5 Å². The van der Waals surface area contributed by atoms with Crippen molar-refractivity contribution in [2.45, 2.75) is 13.5 Å². The highest BCUT2D eigenvalue weighted by molar-refractivity contribution is 5.93. The first kappa shape index (κ1) is 30.3. The zero-order valence-corrected chi connectivity index (χ0v) is 26.8. The molecule has 0 aliphatic heterocycles. The molecule has 0 unspecified atom stereocenters. The van der Waals surface area contributed by atoms with E-state index in [-0.39, 0.29) is 0 Å². The van der Waals surface area contributed by atoms with Gasteiger partial charge in [-0.3, -0.25) is 0 Å². The molecule has 0 bridgehead atoms. The zero-order chi connectivity index (χ0) is 32.9. The minimum absolute atomic E-state index is 0.503. The molecular formula is C43H35N5. The summed E-state index contributed by atoms with van der Waals surface area (Å²) in [5.74, 6) is 1.81. The topological polar surface area (TPSA) is 67.9 Å². The van der Waals surface area contributed by atoms with Crippen molar-refractivity contribution in [2.24, 2.45) is 0 Å². The van der Waals surface area contributed by atoms with Gasteiger partial charge in [0, 0.05) is 28.9 Å². The molecule has 1 heterocycles. The number of nitrogens with zero attached hydrogens (tertiary/aromatic N) is 4. The quantitative estimate of drug-likeness (QED) is 0.172. The van der Waals surface area contributed by atoms with E-state index in [9.17, 15) is 0 Å². The number of hydrogen-bond acceptors (Lipinski definition) is 5. The molecular weight excluding hydrogens is 587 g/mol. The number of anilines is 3. The van der Waals surface area contributed by atoms with Gasteiger partial charge in [-0.1, -0.05) is 140 Å². The lowest BCUT2D eigenvalue weighted by atomic mass is 9.92. The average Bonchev–Trinajstić information content (AvgIpc) is 3.15. The summed E-state index contributed by atoms with van der Waals surface area (Å²) in [6.07, 6.45) is 6.07. The second-order valence-corrected chi connectivity index (χ2v) is 11.4. The van der Waals surface area contributed by atoms with E-state index in [1.165, 1.54) is 0 Å². The summed E-state index contributed by atoms with van der Waals surface area (Å²) < 4.78 is 0. The van der Waals surface area contributed by atoms with Gasteiger partial charge in [0.2, 0.25) is 0 Å². The van der Waals surface area contributed by atoms with Crippen LogP contribution >= 0.6 is 0 Å². The van der Waals surface area contributed by atoms with Crippen LogP contribution in [-0.4, -0.2) is 15.0 Å². The molecule has 0 aliphatic carbocycles. The van der Waals surface area contributed by atoms with E-state index in [0.717, 1.165) is 54.8 Å². The molecule has 0 saturated carbocycles. The van der Waals surface area contributed by atoms with Crippen molar-refractivity contribution in [2.75, 3.05) is 10.6 Å². The molecule has 232 valence electrons. The van der Waals surface area contributed by atoms with E-state index >= 15 is 0 Å². The first-order valence-corrected chi connectivity index (χ1v) is 16.0. The smallest absolute Gasteiger partial charge is 0.165 e. The number of hydrogen-bond donors (Lipinski definition) is 1. The van der Waals surface area contributed by atoms with E-state index in [4.69, 9.17) is 20.7 Å². The summed E-state index contributed by atoms with van der Waals surface area (Å²) in [5, 5.41) is 4.35. The van der Waals surface area contributed by atoms with Gasteiger partial charge in [-0.25, -0.2) is 15.0 Å². The van der Waals surface area contributed by atoms with Gasteiger partial charge in [0.1, 0.15) is 0 Å². The minimum Gasteiger partial charge on any atom is -0.397 e. The Hall–Kier alpha value is -6.33. The maximum atomic E-state index is 6.67. The molecule has 1 aromatic heterocycles. The summed E-state index contributed by atoms with van der Waals surface area (Å²) in [5.41, 5.74) is 13.1. The Bertz CT molecular complexity index is 2290. The maximum absolute atomic E-state index is 6.67. The number of para-hydroxylation sites is 3. The molecule has 7 rings (SSSR count). The largest absolute Gasteiger partial charge is 0.397 e. The summed E-state index contributed by atoms with van der Waals surface area (Å²) in [4.78, 5) is 17.7. The lowest BCUT2D eigenvalue weighted by molar-refractivity contribution is 0.977. The van der Waals surface area contributed by atoms with Crippen molar-refractivity contribution >= 4 is 40.0 Å². The van der Waals surface area contributed by atoms with Gasteiger partial charge in [0.25, 0.3) is 0 Å². The minimum atomic E-state index is 0.503. The molecule has 0 radical (unpaired) electrons. The van der Waals surface area contributed by atoms with Crippen LogP contribution in [0.15, 0.2) is 152 Å². The number of aromatic nitrogens is 3. The van der Waals surface area contributed by atoms with Crippen molar-refractivity contribution in [1.29, 1.82) is 0 Å². The van der Waals surface area contributed by atoms with Crippen LogP contribution < -0.4 is 21.1 Å². The van der Waals surface area contributed by atoms with E-state index in [1.54, 1.807) is 0 Å². The molecule has 0 spiro atoms. The third-order valence-corrected chi connectivity index (χ3v) is 8.51. The maximum Gasteiger partial charge on any atom is 0.165 e. The summed E-state index contributed by atoms with van der Waals surface area (Å²) in [7, 11) is 0. The van der Waals surface area contributed by atoms with Crippen LogP contribution in [0.25, 0.3) is 57.1 Å². The van der Waals surface area contributed by atoms with E-state index in [0.29, 0.717) is 29.7 Å². The molecule has 0 aliphatic rings. The van der Waals surface area contributed by atoms with Crippen molar-refractivity contribution in [3.63, 3.8) is 0 Å². The van der Waals surface area contributed by atoms with Gasteiger partial charge in [0.05, 0.1) is 11.4 Å². The summed E-state index contributed by atoms with van der Waals surface area (Å²) in [6.45, 7) is 6.70. The summed E-state index contributed by atoms with van der Waals surface area (Å²) in [6, 6.07) is 47.1. The predicted molar refractivity (Wildman–Crippen MR) is 201 cm³/mol. The number of benzene rings is 6. The molecule has 2 N–H and O–H groups in total. The van der Waals surface area contributed by atoms with Gasteiger partial charge in [-0.2, -0.15) is 0 Å². The predicted octanol–water partition coefficient (Wildman–Crippen LogP) is 8.71. The lowest BCUT2D eigenvalue weighted by Crippen LogP contribution is -2.31. The zero-order valence-electron chi connectivity index (χ0n) is 26.8. The highest BCUT2D eigenvalue weighted by atomic mass is 15.1. The SMILES string of the molecule is C=C/C=c1/c(-c2nc(-c3ccccc3)nc(-c3ccccc3)n2)c(CN(c2ccccc2)c2ccccc2N)c2ccccc2/c1=C/C. The first-order chi connectivity index (χ1) is 23.7. The Morgan fingerprint density at radius 1 is 0.604 bits per heavy atom. The first-order valence-electron chi connectivity index (χ1n) is 16.0. The fraction of sp³-hybridized carbons (Fsp3) is 0.0465. The number of nitrogens with two attached hydrogens (primary N) is 1. The Labute approximate surface area is 280 Å². The standard InChI is InChI=1S/C43H35N5/c1-3-18-36-33(4-2)34-25-14-15-26-35(34)37(29-48(32-23-12-7-13-24-32)39-28-17-16-27-38(39)44)40(36)43-46-41(30-19-8-5-9-20-30)45-42(47-43)31-21-10-6-11-22-31/h3-28H,1,29,44H2,2H3/b33-4-,36-18+. The Balaban J connectivity index is 1.60. The highest BCUT2D eigenvalue weighted by Gasteiger charge is 2.22. The monoisotopic (exact) mass is 621 g/mol. The molecule has 7 aromatic rings. The van der Waals surface area contributed by atoms with Crippen molar-refractivity contribution in [3.8, 4) is 34.2 Å².